The van der Waals surface area contributed by atoms with E-state index in [-0.39, 0.29) is 17.7 Å². The third-order valence-electron chi connectivity index (χ3n) is 4.87. The number of rotatable bonds is 2. The van der Waals surface area contributed by atoms with Crippen molar-refractivity contribution in [3.8, 4) is 5.75 Å². The molecular formula is C15H18N4O3S. The minimum atomic E-state index is -3.12. The first-order chi connectivity index (χ1) is 11.0. The molecular weight excluding hydrogens is 316 g/mol. The second kappa shape index (κ2) is 5.04. The van der Waals surface area contributed by atoms with Crippen LogP contribution in [0.5, 0.6) is 5.75 Å². The van der Waals surface area contributed by atoms with E-state index in [2.05, 4.69) is 9.97 Å². The normalized spacial score (nSPS) is 29.0. The number of sulfone groups is 1. The van der Waals surface area contributed by atoms with E-state index >= 15 is 0 Å². The van der Waals surface area contributed by atoms with Crippen LogP contribution in [0, 0.1) is 5.92 Å². The fourth-order valence-electron chi connectivity index (χ4n) is 3.75. The number of hydrogen-bond donors (Lipinski definition) is 1. The van der Waals surface area contributed by atoms with E-state index in [0.717, 1.165) is 10.9 Å². The molecule has 2 aliphatic rings. The van der Waals surface area contributed by atoms with E-state index in [1.165, 1.54) is 6.33 Å². The maximum atomic E-state index is 12.3. The van der Waals surface area contributed by atoms with Gasteiger partial charge in [0.15, 0.2) is 9.84 Å². The Kier molecular flexibility index (Phi) is 3.21. The van der Waals surface area contributed by atoms with Gasteiger partial charge in [-0.3, -0.25) is 0 Å². The van der Waals surface area contributed by atoms with Crippen LogP contribution in [0.4, 0.5) is 5.82 Å². The Labute approximate surface area is 134 Å². The summed E-state index contributed by atoms with van der Waals surface area (Å²) >= 11 is 0. The number of hydrogen-bond acceptors (Lipinski definition) is 7. The van der Waals surface area contributed by atoms with E-state index in [4.69, 9.17) is 10.5 Å². The summed E-state index contributed by atoms with van der Waals surface area (Å²) in [6.07, 6.45) is 1.50. The number of fused-ring (bicyclic) bond motifs is 2. The molecule has 23 heavy (non-hydrogen) atoms. The van der Waals surface area contributed by atoms with Gasteiger partial charge >= 0.3 is 0 Å². The molecule has 0 radical (unpaired) electrons. The molecule has 2 N–H and O–H groups in total. The largest absolute Gasteiger partial charge is 0.496 e. The van der Waals surface area contributed by atoms with Crippen LogP contribution in [0.15, 0.2) is 24.5 Å². The van der Waals surface area contributed by atoms with Crippen molar-refractivity contribution in [3.63, 3.8) is 0 Å². The molecule has 0 saturated carbocycles. The maximum Gasteiger partial charge on any atom is 0.156 e. The molecule has 2 aromatic rings. The van der Waals surface area contributed by atoms with Gasteiger partial charge in [0.2, 0.25) is 0 Å². The van der Waals surface area contributed by atoms with E-state index in [1.54, 1.807) is 7.11 Å². The number of anilines is 1. The van der Waals surface area contributed by atoms with Crippen LogP contribution < -0.4 is 15.4 Å². The Morgan fingerprint density at radius 1 is 1.30 bits per heavy atom. The average Bonchev–Trinajstić information content (AvgIpc) is 3.07. The van der Waals surface area contributed by atoms with Crippen molar-refractivity contribution in [2.45, 2.75) is 11.3 Å². The standard InChI is InChI=1S/C15H18N4O3S/c1-22-12-4-2-3-11-14(12)15(18-8-17-11)19-5-9-10(16)7-23(20,21)13(9)6-19/h2-4,8-10,13H,5-7,16H2,1H3/t9-,10+,13-/m1/s1. The fourth-order valence-corrected chi connectivity index (χ4v) is 6.01. The predicted molar refractivity (Wildman–Crippen MR) is 87.3 cm³/mol. The number of methoxy groups -OCH3 is 1. The maximum absolute atomic E-state index is 12.3. The second-order valence-electron chi connectivity index (χ2n) is 6.15. The Morgan fingerprint density at radius 3 is 2.87 bits per heavy atom. The van der Waals surface area contributed by atoms with Crippen LogP contribution in [0.2, 0.25) is 0 Å². The highest BCUT2D eigenvalue weighted by Crippen LogP contribution is 2.38. The summed E-state index contributed by atoms with van der Waals surface area (Å²) in [5, 5.41) is 0.403. The molecule has 0 unspecified atom stereocenters. The molecule has 2 aliphatic heterocycles. The molecule has 122 valence electrons. The molecule has 2 fully saturated rings. The molecule has 0 bridgehead atoms. The van der Waals surface area contributed by atoms with Gasteiger partial charge in [-0.25, -0.2) is 18.4 Å². The fraction of sp³-hybridized carbons (Fsp3) is 0.467. The van der Waals surface area contributed by atoms with Gasteiger partial charge in [0.25, 0.3) is 0 Å². The number of ether oxygens (including phenoxy) is 1. The lowest BCUT2D eigenvalue weighted by Gasteiger charge is -2.21. The van der Waals surface area contributed by atoms with Crippen molar-refractivity contribution in [2.75, 3.05) is 30.9 Å². The number of nitrogens with zero attached hydrogens (tertiary/aromatic N) is 3. The smallest absolute Gasteiger partial charge is 0.156 e. The highest BCUT2D eigenvalue weighted by atomic mass is 32.2. The van der Waals surface area contributed by atoms with Crippen molar-refractivity contribution in [1.29, 1.82) is 0 Å². The molecule has 0 spiro atoms. The highest BCUT2D eigenvalue weighted by Gasteiger charge is 2.51. The van der Waals surface area contributed by atoms with Crippen molar-refractivity contribution in [3.05, 3.63) is 24.5 Å². The van der Waals surface area contributed by atoms with Crippen LogP contribution in [0.25, 0.3) is 10.9 Å². The van der Waals surface area contributed by atoms with Crippen LogP contribution >= 0.6 is 0 Å². The number of nitrogens with two attached hydrogens (primary N) is 1. The van der Waals surface area contributed by atoms with Crippen molar-refractivity contribution in [1.82, 2.24) is 9.97 Å². The lowest BCUT2D eigenvalue weighted by Crippen LogP contribution is -2.33. The van der Waals surface area contributed by atoms with Crippen molar-refractivity contribution < 1.29 is 13.2 Å². The molecule has 1 aromatic heterocycles. The third kappa shape index (κ3) is 2.16. The van der Waals surface area contributed by atoms with Crippen molar-refractivity contribution in [2.24, 2.45) is 11.7 Å². The first kappa shape index (κ1) is 14.6. The molecule has 8 heteroatoms. The lowest BCUT2D eigenvalue weighted by molar-refractivity contribution is 0.419. The van der Waals surface area contributed by atoms with Gasteiger partial charge in [-0.1, -0.05) is 6.07 Å². The number of aromatic nitrogens is 2. The zero-order chi connectivity index (χ0) is 16.2. The second-order valence-corrected chi connectivity index (χ2v) is 8.42. The van der Waals surface area contributed by atoms with Gasteiger partial charge < -0.3 is 15.4 Å². The summed E-state index contributed by atoms with van der Waals surface area (Å²) in [4.78, 5) is 10.7. The average molecular weight is 334 g/mol. The van der Waals surface area contributed by atoms with E-state index < -0.39 is 15.1 Å². The Bertz CT molecular complexity index is 865. The summed E-state index contributed by atoms with van der Waals surface area (Å²) < 4.78 is 29.9. The Morgan fingerprint density at radius 2 is 2.13 bits per heavy atom. The minimum absolute atomic E-state index is 0.0419. The van der Waals surface area contributed by atoms with E-state index in [1.807, 2.05) is 23.1 Å². The monoisotopic (exact) mass is 334 g/mol. The topological polar surface area (TPSA) is 98.4 Å². The van der Waals surface area contributed by atoms with E-state index in [0.29, 0.717) is 24.7 Å². The molecule has 2 saturated heterocycles. The van der Waals surface area contributed by atoms with Crippen LogP contribution in [0.3, 0.4) is 0 Å². The van der Waals surface area contributed by atoms with Gasteiger partial charge in [-0.15, -0.1) is 0 Å². The van der Waals surface area contributed by atoms with Crippen LogP contribution in [0.1, 0.15) is 0 Å². The molecule has 3 atom stereocenters. The Balaban J connectivity index is 1.80. The van der Waals surface area contributed by atoms with Crippen LogP contribution in [-0.2, 0) is 9.84 Å². The summed E-state index contributed by atoms with van der Waals surface area (Å²) in [6.45, 7) is 1.01. The first-order valence-electron chi connectivity index (χ1n) is 7.51. The molecule has 0 amide bonds. The zero-order valence-electron chi connectivity index (χ0n) is 12.7. The van der Waals surface area contributed by atoms with Gasteiger partial charge in [-0.2, -0.15) is 0 Å². The SMILES string of the molecule is COc1cccc2ncnc(N3C[C@H]4[C@@H](C3)S(=O)(=O)C[C@@H]4N)c12. The molecule has 1 aromatic carbocycles. The third-order valence-corrected chi connectivity index (χ3v) is 7.14. The summed E-state index contributed by atoms with van der Waals surface area (Å²) in [5.74, 6) is 1.44. The molecule has 3 heterocycles. The molecule has 4 rings (SSSR count). The van der Waals surface area contributed by atoms with Crippen LogP contribution in [-0.4, -0.2) is 55.6 Å². The summed E-state index contributed by atoms with van der Waals surface area (Å²) in [5.41, 5.74) is 6.82. The summed E-state index contributed by atoms with van der Waals surface area (Å²) in [7, 11) is -1.52. The highest BCUT2D eigenvalue weighted by molar-refractivity contribution is 7.92. The van der Waals surface area contributed by atoms with Gasteiger partial charge in [0.1, 0.15) is 17.9 Å². The van der Waals surface area contributed by atoms with Crippen molar-refractivity contribution >= 4 is 26.6 Å². The van der Waals surface area contributed by atoms with Gasteiger partial charge in [-0.05, 0) is 12.1 Å². The zero-order valence-corrected chi connectivity index (χ0v) is 13.5. The quantitative estimate of drug-likeness (QED) is 0.837. The van der Waals surface area contributed by atoms with E-state index in [9.17, 15) is 8.42 Å². The first-order valence-corrected chi connectivity index (χ1v) is 9.22. The molecule has 0 aliphatic carbocycles. The molecule has 7 nitrogen and oxygen atoms in total. The van der Waals surface area contributed by atoms with Gasteiger partial charge in [0.05, 0.1) is 29.0 Å². The van der Waals surface area contributed by atoms with Gasteiger partial charge in [0, 0.05) is 25.0 Å². The Hall–Kier alpha value is -1.93. The predicted octanol–water partition coefficient (Wildman–Crippen LogP) is 0.199. The number of benzene rings is 1. The summed E-state index contributed by atoms with van der Waals surface area (Å²) in [6, 6.07) is 5.32. The minimum Gasteiger partial charge on any atom is -0.496 e. The lowest BCUT2D eigenvalue weighted by atomic mass is 10.0.